The van der Waals surface area contributed by atoms with Gasteiger partial charge in [0.25, 0.3) is 4.92 Å². The molecule has 5 nitrogen and oxygen atoms in total. The van der Waals surface area contributed by atoms with Gasteiger partial charge in [-0.2, -0.15) is 0 Å². The highest BCUT2D eigenvalue weighted by Gasteiger charge is 2.41. The van der Waals surface area contributed by atoms with Crippen molar-refractivity contribution in [2.24, 2.45) is 0 Å². The third-order valence-electron chi connectivity index (χ3n) is 4.87. The van der Waals surface area contributed by atoms with E-state index < -0.39 is 0 Å². The molecule has 0 fully saturated rings. The average Bonchev–Trinajstić information content (AvgIpc) is 3.05. The van der Waals surface area contributed by atoms with Crippen LogP contribution in [0, 0.1) is 4.91 Å². The van der Waals surface area contributed by atoms with Crippen LogP contribution in [0.1, 0.15) is 31.0 Å². The number of para-hydroxylation sites is 1. The van der Waals surface area contributed by atoms with Crippen molar-refractivity contribution in [1.29, 1.82) is 0 Å². The Labute approximate surface area is 133 Å². The van der Waals surface area contributed by atoms with Crippen LogP contribution in [-0.2, 0) is 5.41 Å². The fourth-order valence-electron chi connectivity index (χ4n) is 3.62. The molecular formula is C18H18N3O2+. The Morgan fingerprint density at radius 1 is 1.17 bits per heavy atom. The van der Waals surface area contributed by atoms with Gasteiger partial charge in [0, 0.05) is 45.9 Å². The molecule has 0 aliphatic carbocycles. The summed E-state index contributed by atoms with van der Waals surface area (Å²) >= 11 is 0. The molecule has 0 spiro atoms. The molecule has 2 aromatic carbocycles. The van der Waals surface area contributed by atoms with Crippen molar-refractivity contribution in [2.75, 3.05) is 5.32 Å². The SMILES string of the molecule is CC1(C)c2ccccc2NC1c1c[nH]c2ccc([N+](=O)O)cc12. The fraction of sp³-hybridized carbons (Fsp3) is 0.222. The minimum absolute atomic E-state index is 0.0852. The van der Waals surface area contributed by atoms with E-state index >= 15 is 0 Å². The number of fused-ring (bicyclic) bond motifs is 2. The molecular weight excluding hydrogens is 290 g/mol. The van der Waals surface area contributed by atoms with Gasteiger partial charge >= 0.3 is 5.69 Å². The first-order valence-corrected chi connectivity index (χ1v) is 7.61. The van der Waals surface area contributed by atoms with Gasteiger partial charge in [0.1, 0.15) is 0 Å². The molecule has 0 radical (unpaired) electrons. The molecule has 1 aliphatic rings. The predicted molar refractivity (Wildman–Crippen MR) is 89.2 cm³/mol. The largest absolute Gasteiger partial charge is 0.377 e. The summed E-state index contributed by atoms with van der Waals surface area (Å²) in [6.45, 7) is 4.43. The van der Waals surface area contributed by atoms with Crippen molar-refractivity contribution >= 4 is 22.3 Å². The summed E-state index contributed by atoms with van der Waals surface area (Å²) in [6, 6.07) is 13.5. The van der Waals surface area contributed by atoms with Crippen LogP contribution in [0.25, 0.3) is 10.9 Å². The van der Waals surface area contributed by atoms with E-state index in [0.29, 0.717) is 0 Å². The van der Waals surface area contributed by atoms with Gasteiger partial charge in [0.05, 0.1) is 10.9 Å². The third-order valence-corrected chi connectivity index (χ3v) is 4.87. The minimum atomic E-state index is -0.0990. The Morgan fingerprint density at radius 3 is 2.70 bits per heavy atom. The molecule has 0 amide bonds. The summed E-state index contributed by atoms with van der Waals surface area (Å²) in [5.41, 5.74) is 4.59. The summed E-state index contributed by atoms with van der Waals surface area (Å²) in [6.07, 6.45) is 1.98. The average molecular weight is 308 g/mol. The minimum Gasteiger partial charge on any atom is -0.377 e. The zero-order chi connectivity index (χ0) is 16.2. The van der Waals surface area contributed by atoms with Crippen molar-refractivity contribution in [1.82, 2.24) is 4.98 Å². The number of hydrogen-bond acceptors (Lipinski definition) is 2. The first kappa shape index (κ1) is 13.8. The van der Waals surface area contributed by atoms with Gasteiger partial charge in [0.15, 0.2) is 0 Å². The Bertz CT molecular complexity index is 927. The monoisotopic (exact) mass is 308 g/mol. The van der Waals surface area contributed by atoms with Gasteiger partial charge in [-0.15, -0.1) is 0 Å². The van der Waals surface area contributed by atoms with E-state index in [2.05, 4.69) is 42.3 Å². The molecule has 0 bridgehead atoms. The van der Waals surface area contributed by atoms with E-state index in [1.807, 2.05) is 18.3 Å². The van der Waals surface area contributed by atoms with Gasteiger partial charge in [-0.25, -0.2) is 5.21 Å². The summed E-state index contributed by atoms with van der Waals surface area (Å²) in [7, 11) is 0. The molecule has 1 aromatic heterocycles. The van der Waals surface area contributed by atoms with Crippen molar-refractivity contribution in [3.05, 3.63) is 64.7 Å². The number of nitrogens with one attached hydrogen (secondary N) is 2. The summed E-state index contributed by atoms with van der Waals surface area (Å²) in [5.74, 6) is 0. The summed E-state index contributed by atoms with van der Waals surface area (Å²) in [4.78, 5) is 14.4. The van der Waals surface area contributed by atoms with E-state index in [4.69, 9.17) is 0 Å². The lowest BCUT2D eigenvalue weighted by atomic mass is 9.78. The van der Waals surface area contributed by atoms with E-state index in [0.717, 1.165) is 22.2 Å². The van der Waals surface area contributed by atoms with Crippen LogP contribution >= 0.6 is 0 Å². The number of rotatable bonds is 2. The van der Waals surface area contributed by atoms with Crippen molar-refractivity contribution < 1.29 is 10.1 Å². The maximum atomic E-state index is 11.2. The normalized spacial score (nSPS) is 18.6. The third kappa shape index (κ3) is 1.93. The predicted octanol–water partition coefficient (Wildman–Crippen LogP) is 4.41. The Kier molecular flexibility index (Phi) is 2.75. The topological polar surface area (TPSA) is 68.1 Å². The number of nitrogens with zero attached hydrogens (tertiary/aromatic N) is 1. The molecule has 1 aliphatic heterocycles. The maximum absolute atomic E-state index is 11.2. The molecule has 4 rings (SSSR count). The number of H-pyrrole nitrogens is 1. The molecule has 3 N–H and O–H groups in total. The van der Waals surface area contributed by atoms with Crippen molar-refractivity contribution in [3.8, 4) is 0 Å². The first-order chi connectivity index (χ1) is 11.0. The molecule has 116 valence electrons. The second-order valence-electron chi connectivity index (χ2n) is 6.59. The molecule has 0 saturated heterocycles. The lowest BCUT2D eigenvalue weighted by molar-refractivity contribution is -0.729. The molecule has 1 unspecified atom stereocenters. The Morgan fingerprint density at radius 2 is 1.96 bits per heavy atom. The lowest BCUT2D eigenvalue weighted by Crippen LogP contribution is -2.25. The smallest absolute Gasteiger partial charge is 0.317 e. The molecule has 2 heterocycles. The number of hydrogen-bond donors (Lipinski definition) is 3. The number of aromatic amines is 1. The van der Waals surface area contributed by atoms with Crippen LogP contribution in [0.15, 0.2) is 48.7 Å². The Hall–Kier alpha value is -2.82. The number of anilines is 1. The van der Waals surface area contributed by atoms with Crippen LogP contribution in [-0.4, -0.2) is 15.1 Å². The van der Waals surface area contributed by atoms with Crippen LogP contribution in [0.4, 0.5) is 11.4 Å². The molecule has 3 aromatic rings. The van der Waals surface area contributed by atoms with E-state index in [1.165, 1.54) is 5.56 Å². The maximum Gasteiger partial charge on any atom is 0.317 e. The highest BCUT2D eigenvalue weighted by Crippen LogP contribution is 2.49. The van der Waals surface area contributed by atoms with Gasteiger partial charge < -0.3 is 10.3 Å². The quantitative estimate of drug-likeness (QED) is 0.614. The molecule has 5 heteroatoms. The highest BCUT2D eigenvalue weighted by molar-refractivity contribution is 5.87. The van der Waals surface area contributed by atoms with Crippen LogP contribution in [0.3, 0.4) is 0 Å². The van der Waals surface area contributed by atoms with Gasteiger partial charge in [-0.1, -0.05) is 32.0 Å². The van der Waals surface area contributed by atoms with E-state index in [-0.39, 0.29) is 22.1 Å². The van der Waals surface area contributed by atoms with Gasteiger partial charge in [-0.3, -0.25) is 0 Å². The number of aromatic nitrogens is 1. The zero-order valence-electron chi connectivity index (χ0n) is 13.0. The van der Waals surface area contributed by atoms with Gasteiger partial charge in [-0.05, 0) is 17.7 Å². The van der Waals surface area contributed by atoms with Crippen molar-refractivity contribution in [2.45, 2.75) is 25.3 Å². The van der Waals surface area contributed by atoms with Crippen LogP contribution in [0.2, 0.25) is 0 Å². The summed E-state index contributed by atoms with van der Waals surface area (Å²) < 4.78 is 0. The van der Waals surface area contributed by atoms with Gasteiger partial charge in [0.2, 0.25) is 0 Å². The number of benzene rings is 2. The molecule has 1 atom stereocenters. The van der Waals surface area contributed by atoms with E-state index in [1.54, 1.807) is 12.1 Å². The fourth-order valence-corrected chi connectivity index (χ4v) is 3.62. The first-order valence-electron chi connectivity index (χ1n) is 7.61. The zero-order valence-corrected chi connectivity index (χ0v) is 13.0. The van der Waals surface area contributed by atoms with Crippen molar-refractivity contribution in [3.63, 3.8) is 0 Å². The second-order valence-corrected chi connectivity index (χ2v) is 6.59. The second kappa shape index (κ2) is 4.59. The standard InChI is InChI=1S/C18H18N3O2/c1-18(2)14-5-3-4-6-16(14)20-17(18)13-10-19-15-8-7-11(21(22)23)9-12(13)15/h3-10,17,19-20H,1-2H3,(H,22,23)/q+1. The molecule has 0 saturated carbocycles. The van der Waals surface area contributed by atoms with Crippen LogP contribution < -0.4 is 5.32 Å². The molecule has 23 heavy (non-hydrogen) atoms. The summed E-state index contributed by atoms with van der Waals surface area (Å²) in [5, 5.41) is 13.7. The van der Waals surface area contributed by atoms with Crippen LogP contribution in [0.5, 0.6) is 0 Å². The van der Waals surface area contributed by atoms with E-state index in [9.17, 15) is 10.1 Å². The highest BCUT2D eigenvalue weighted by atomic mass is 16.6. The Balaban J connectivity index is 1.87. The lowest BCUT2D eigenvalue weighted by Gasteiger charge is -2.27.